The summed E-state index contributed by atoms with van der Waals surface area (Å²) in [5.74, 6) is -0.673. The molecule has 0 saturated heterocycles. The van der Waals surface area contributed by atoms with Crippen molar-refractivity contribution in [1.82, 2.24) is 5.32 Å². The summed E-state index contributed by atoms with van der Waals surface area (Å²) < 4.78 is 43.6. The fourth-order valence-electron chi connectivity index (χ4n) is 1.12. The molecule has 112 valence electrons. The largest absolute Gasteiger partial charge is 0.364 e. The first-order valence-corrected chi connectivity index (χ1v) is 8.31. The number of amides is 1. The molecule has 0 aliphatic rings. The summed E-state index contributed by atoms with van der Waals surface area (Å²) in [4.78, 5) is 11.6. The molecule has 0 aromatic carbocycles. The lowest BCUT2D eigenvalue weighted by molar-refractivity contribution is -0.117. The van der Waals surface area contributed by atoms with Crippen LogP contribution in [0.25, 0.3) is 0 Å². The van der Waals surface area contributed by atoms with Crippen LogP contribution in [-0.2, 0) is 32.0 Å². The molecule has 1 N–H and O–H groups in total. The van der Waals surface area contributed by atoms with Crippen molar-refractivity contribution in [1.29, 1.82) is 0 Å². The Bertz CT molecular complexity index is 394. The molecule has 0 rings (SSSR count). The molecule has 0 heterocycles. The number of hydrogen-bond acceptors (Lipinski definition) is 7. The quantitative estimate of drug-likeness (QED) is 0.539. The highest BCUT2D eigenvalue weighted by molar-refractivity contribution is 7.72. The fourth-order valence-corrected chi connectivity index (χ4v) is 5.28. The summed E-state index contributed by atoms with van der Waals surface area (Å²) in [5, 5.41) is 2.24. The van der Waals surface area contributed by atoms with Gasteiger partial charge in [0.25, 0.3) is 0 Å². The van der Waals surface area contributed by atoms with Crippen LogP contribution in [0.1, 0.15) is 6.92 Å². The van der Waals surface area contributed by atoms with Gasteiger partial charge in [-0.15, -0.1) is 0 Å². The summed E-state index contributed by atoms with van der Waals surface area (Å²) in [6, 6.07) is 0. The van der Waals surface area contributed by atoms with Crippen LogP contribution < -0.4 is 5.32 Å². The Morgan fingerprint density at radius 3 is 1.53 bits per heavy atom. The van der Waals surface area contributed by atoms with E-state index in [4.69, 9.17) is 18.1 Å². The fraction of sp³-hybridized carbons (Fsp3) is 0.667. The number of carbonyl (C=O) groups is 1. The van der Waals surface area contributed by atoms with E-state index >= 15 is 0 Å². The molecule has 0 unspecified atom stereocenters. The zero-order valence-electron chi connectivity index (χ0n) is 11.5. The highest BCUT2D eigenvalue weighted by Gasteiger charge is 2.50. The zero-order valence-corrected chi connectivity index (χ0v) is 13.3. The van der Waals surface area contributed by atoms with Crippen LogP contribution in [0, 0.1) is 0 Å². The van der Waals surface area contributed by atoms with E-state index in [1.807, 2.05) is 0 Å². The van der Waals surface area contributed by atoms with Gasteiger partial charge in [0.15, 0.2) is 0 Å². The van der Waals surface area contributed by atoms with Gasteiger partial charge in [-0.2, -0.15) is 0 Å². The molecular weight excluding hydrogens is 296 g/mol. The molecule has 0 atom stereocenters. The third-order valence-corrected chi connectivity index (χ3v) is 7.45. The maximum absolute atomic E-state index is 12.4. The molecule has 0 aliphatic heterocycles. The van der Waals surface area contributed by atoms with Gasteiger partial charge in [-0.25, -0.2) is 0 Å². The Hall–Kier alpha value is -0.490. The first-order valence-electron chi connectivity index (χ1n) is 5.09. The van der Waals surface area contributed by atoms with Crippen LogP contribution >= 0.6 is 15.2 Å². The summed E-state index contributed by atoms with van der Waals surface area (Å²) in [6.07, 6.45) is 0. The van der Waals surface area contributed by atoms with Crippen molar-refractivity contribution < 1.29 is 32.0 Å². The molecular formula is C9H19NO7P2. The standard InChI is InChI=1S/C9H19NO7P2/c1-7(2)8(11)10-9(18(12,14-3)15-4)19(13,16-5)17-6/h9H,1H2,2-6H3,(H,10,11). The van der Waals surface area contributed by atoms with Crippen LogP contribution in [0.3, 0.4) is 0 Å². The average Bonchev–Trinajstić information content (AvgIpc) is 2.42. The van der Waals surface area contributed by atoms with Crippen molar-refractivity contribution in [3.63, 3.8) is 0 Å². The third kappa shape index (κ3) is 4.24. The highest BCUT2D eigenvalue weighted by atomic mass is 31.2. The lowest BCUT2D eigenvalue weighted by Gasteiger charge is -2.29. The Balaban J connectivity index is 5.63. The van der Waals surface area contributed by atoms with Gasteiger partial charge < -0.3 is 23.4 Å². The number of rotatable bonds is 8. The number of nitrogens with one attached hydrogen (secondary N) is 1. The van der Waals surface area contributed by atoms with Crippen LogP contribution in [-0.4, -0.2) is 39.9 Å². The van der Waals surface area contributed by atoms with E-state index in [-0.39, 0.29) is 5.57 Å². The molecule has 0 saturated carbocycles. The second-order valence-electron chi connectivity index (χ2n) is 3.44. The van der Waals surface area contributed by atoms with E-state index in [1.54, 1.807) is 0 Å². The Kier molecular flexibility index (Phi) is 7.15. The van der Waals surface area contributed by atoms with Gasteiger partial charge >= 0.3 is 15.2 Å². The van der Waals surface area contributed by atoms with Crippen molar-refractivity contribution in [3.05, 3.63) is 12.2 Å². The van der Waals surface area contributed by atoms with Gasteiger partial charge in [-0.3, -0.25) is 13.9 Å². The van der Waals surface area contributed by atoms with Crippen LogP contribution in [0.4, 0.5) is 0 Å². The number of carbonyl (C=O) groups excluding carboxylic acids is 1. The summed E-state index contributed by atoms with van der Waals surface area (Å²) in [5.41, 5.74) is -1.46. The maximum atomic E-state index is 12.4. The maximum Gasteiger partial charge on any atom is 0.364 e. The Morgan fingerprint density at radius 2 is 1.32 bits per heavy atom. The SMILES string of the molecule is C=C(C)C(=O)NC(P(=O)(OC)OC)P(=O)(OC)OC. The Morgan fingerprint density at radius 1 is 1.00 bits per heavy atom. The average molecular weight is 315 g/mol. The van der Waals surface area contributed by atoms with Gasteiger partial charge in [0.2, 0.25) is 11.4 Å². The Labute approximate surface area is 112 Å². The van der Waals surface area contributed by atoms with Crippen molar-refractivity contribution in [3.8, 4) is 0 Å². The zero-order chi connectivity index (χ0) is 15.3. The van der Waals surface area contributed by atoms with Crippen LogP contribution in [0.15, 0.2) is 12.2 Å². The molecule has 0 radical (unpaired) electrons. The van der Waals surface area contributed by atoms with Gasteiger partial charge in [0.05, 0.1) is 0 Å². The summed E-state index contributed by atoms with van der Waals surface area (Å²) in [6.45, 7) is 4.85. The van der Waals surface area contributed by atoms with Crippen molar-refractivity contribution in [2.75, 3.05) is 28.4 Å². The van der Waals surface area contributed by atoms with E-state index in [0.717, 1.165) is 28.4 Å². The second-order valence-corrected chi connectivity index (χ2v) is 8.50. The monoisotopic (exact) mass is 315 g/mol. The van der Waals surface area contributed by atoms with Crippen molar-refractivity contribution >= 4 is 21.1 Å². The van der Waals surface area contributed by atoms with Crippen LogP contribution in [0.2, 0.25) is 0 Å². The third-order valence-electron chi connectivity index (χ3n) is 2.26. The molecule has 0 aliphatic carbocycles. The van der Waals surface area contributed by atoms with Gasteiger partial charge in [-0.05, 0) is 6.92 Å². The minimum Gasteiger partial charge on any atom is -0.328 e. The van der Waals surface area contributed by atoms with E-state index < -0.39 is 26.6 Å². The van der Waals surface area contributed by atoms with Gasteiger partial charge in [-0.1, -0.05) is 6.58 Å². The van der Waals surface area contributed by atoms with E-state index in [2.05, 4.69) is 11.9 Å². The molecule has 1 amide bonds. The van der Waals surface area contributed by atoms with Gasteiger partial charge in [0, 0.05) is 34.0 Å². The lowest BCUT2D eigenvalue weighted by atomic mass is 10.3. The minimum absolute atomic E-state index is 0.127. The van der Waals surface area contributed by atoms with E-state index in [1.165, 1.54) is 6.92 Å². The van der Waals surface area contributed by atoms with E-state index in [0.29, 0.717) is 0 Å². The molecule has 10 heteroatoms. The molecule has 8 nitrogen and oxygen atoms in total. The highest BCUT2D eigenvalue weighted by Crippen LogP contribution is 2.67. The normalized spacial score (nSPS) is 12.5. The molecule has 0 fully saturated rings. The van der Waals surface area contributed by atoms with Crippen LogP contribution in [0.5, 0.6) is 0 Å². The molecule has 0 bridgehead atoms. The van der Waals surface area contributed by atoms with Crippen molar-refractivity contribution in [2.24, 2.45) is 0 Å². The minimum atomic E-state index is -3.93. The number of hydrogen-bond donors (Lipinski definition) is 1. The molecule has 19 heavy (non-hydrogen) atoms. The van der Waals surface area contributed by atoms with Gasteiger partial charge in [0.1, 0.15) is 0 Å². The molecule has 0 spiro atoms. The second kappa shape index (κ2) is 7.33. The lowest BCUT2D eigenvalue weighted by Crippen LogP contribution is -2.36. The summed E-state index contributed by atoms with van der Waals surface area (Å²) in [7, 11) is -3.46. The van der Waals surface area contributed by atoms with Crippen molar-refractivity contribution in [2.45, 2.75) is 12.4 Å². The molecule has 0 aromatic heterocycles. The smallest absolute Gasteiger partial charge is 0.328 e. The topological polar surface area (TPSA) is 100 Å². The summed E-state index contributed by atoms with van der Waals surface area (Å²) >= 11 is 0. The van der Waals surface area contributed by atoms with E-state index in [9.17, 15) is 13.9 Å². The predicted molar refractivity (Wildman–Crippen MR) is 70.0 cm³/mol. The predicted octanol–water partition coefficient (Wildman–Crippen LogP) is 1.93. The molecule has 0 aromatic rings. The first kappa shape index (κ1) is 18.5. The first-order chi connectivity index (χ1) is 8.70.